The van der Waals surface area contributed by atoms with Gasteiger partial charge >= 0.3 is 0 Å². The first-order valence-electron chi connectivity index (χ1n) is 4.79. The van der Waals surface area contributed by atoms with Crippen LogP contribution in [0.25, 0.3) is 0 Å². The molecule has 1 atom stereocenters. The van der Waals surface area contributed by atoms with E-state index in [2.05, 4.69) is 0 Å². The van der Waals surface area contributed by atoms with E-state index < -0.39 is 6.43 Å². The Balaban J connectivity index is 2.94. The molecular weight excluding hydrogens is 184 g/mol. The second-order valence-corrected chi connectivity index (χ2v) is 3.32. The van der Waals surface area contributed by atoms with Crippen molar-refractivity contribution < 1.29 is 8.78 Å². The van der Waals surface area contributed by atoms with Crippen LogP contribution in [0.15, 0.2) is 24.3 Å². The number of benzene rings is 1. The van der Waals surface area contributed by atoms with Crippen LogP contribution >= 0.6 is 0 Å². The number of hydrogen-bond donors (Lipinski definition) is 1. The molecule has 2 N–H and O–H groups in total. The molecule has 0 saturated carbocycles. The van der Waals surface area contributed by atoms with Gasteiger partial charge in [0, 0.05) is 11.6 Å². The molecule has 0 fully saturated rings. The summed E-state index contributed by atoms with van der Waals surface area (Å²) in [4.78, 5) is 0. The standard InChI is InChI=1S/C11H15F2N/c1-2-5-10(14)8-6-3-4-7-9(8)11(12)13/h3-4,6-7,10-11H,2,5,14H2,1H3/t10-/m1/s1. The number of nitrogens with two attached hydrogens (primary N) is 1. The van der Waals surface area contributed by atoms with E-state index in [0.29, 0.717) is 5.56 Å². The van der Waals surface area contributed by atoms with Crippen molar-refractivity contribution in [1.29, 1.82) is 0 Å². The normalized spacial score (nSPS) is 13.2. The van der Waals surface area contributed by atoms with Gasteiger partial charge in [-0.25, -0.2) is 8.78 Å². The Labute approximate surface area is 82.9 Å². The van der Waals surface area contributed by atoms with Crippen LogP contribution in [0.4, 0.5) is 8.78 Å². The minimum atomic E-state index is -2.44. The molecule has 0 aliphatic carbocycles. The second kappa shape index (κ2) is 5.05. The van der Waals surface area contributed by atoms with E-state index in [4.69, 9.17) is 5.73 Å². The van der Waals surface area contributed by atoms with Crippen LogP contribution < -0.4 is 5.73 Å². The molecule has 0 aliphatic rings. The Hall–Kier alpha value is -0.960. The maximum Gasteiger partial charge on any atom is 0.264 e. The quantitative estimate of drug-likeness (QED) is 0.789. The van der Waals surface area contributed by atoms with Gasteiger partial charge in [0.2, 0.25) is 0 Å². The number of halogens is 2. The maximum absolute atomic E-state index is 12.6. The predicted octanol–water partition coefficient (Wildman–Crippen LogP) is 3.42. The van der Waals surface area contributed by atoms with Gasteiger partial charge < -0.3 is 5.73 Å². The summed E-state index contributed by atoms with van der Waals surface area (Å²) < 4.78 is 25.1. The lowest BCUT2D eigenvalue weighted by atomic mass is 9.98. The number of hydrogen-bond acceptors (Lipinski definition) is 1. The summed E-state index contributed by atoms with van der Waals surface area (Å²) >= 11 is 0. The van der Waals surface area contributed by atoms with Crippen molar-refractivity contribution >= 4 is 0 Å². The molecule has 3 heteroatoms. The average Bonchev–Trinajstić information content (AvgIpc) is 2.18. The molecular formula is C11H15F2N. The summed E-state index contributed by atoms with van der Waals surface area (Å²) in [6, 6.07) is 6.21. The lowest BCUT2D eigenvalue weighted by molar-refractivity contribution is 0.149. The van der Waals surface area contributed by atoms with E-state index in [1.807, 2.05) is 6.92 Å². The van der Waals surface area contributed by atoms with Gasteiger partial charge in [-0.3, -0.25) is 0 Å². The fourth-order valence-electron chi connectivity index (χ4n) is 1.51. The Morgan fingerprint density at radius 1 is 1.21 bits per heavy atom. The van der Waals surface area contributed by atoms with Gasteiger partial charge in [-0.1, -0.05) is 37.6 Å². The summed E-state index contributed by atoms with van der Waals surface area (Å²) in [6.45, 7) is 1.99. The third kappa shape index (κ3) is 2.51. The molecule has 14 heavy (non-hydrogen) atoms. The minimum absolute atomic E-state index is 0.0634. The summed E-state index contributed by atoms with van der Waals surface area (Å²) in [5.74, 6) is 0. The van der Waals surface area contributed by atoms with Gasteiger partial charge in [0.25, 0.3) is 6.43 Å². The topological polar surface area (TPSA) is 26.0 Å². The number of rotatable bonds is 4. The first-order chi connectivity index (χ1) is 6.66. The third-order valence-electron chi connectivity index (χ3n) is 2.23. The van der Waals surface area contributed by atoms with E-state index in [1.165, 1.54) is 6.07 Å². The Morgan fingerprint density at radius 3 is 2.29 bits per heavy atom. The van der Waals surface area contributed by atoms with Crippen molar-refractivity contribution in [3.63, 3.8) is 0 Å². The van der Waals surface area contributed by atoms with Gasteiger partial charge in [0.05, 0.1) is 0 Å². The van der Waals surface area contributed by atoms with Gasteiger partial charge in [-0.2, -0.15) is 0 Å². The first-order valence-corrected chi connectivity index (χ1v) is 4.79. The van der Waals surface area contributed by atoms with E-state index in [9.17, 15) is 8.78 Å². The van der Waals surface area contributed by atoms with Gasteiger partial charge in [-0.15, -0.1) is 0 Å². The molecule has 0 amide bonds. The fourth-order valence-corrected chi connectivity index (χ4v) is 1.51. The van der Waals surface area contributed by atoms with Crippen LogP contribution in [0.3, 0.4) is 0 Å². The van der Waals surface area contributed by atoms with Crippen LogP contribution in [0.2, 0.25) is 0 Å². The van der Waals surface area contributed by atoms with Crippen molar-refractivity contribution in [2.75, 3.05) is 0 Å². The average molecular weight is 199 g/mol. The zero-order chi connectivity index (χ0) is 10.6. The third-order valence-corrected chi connectivity index (χ3v) is 2.23. The molecule has 0 bridgehead atoms. The smallest absolute Gasteiger partial charge is 0.264 e. The Bertz CT molecular complexity index is 286. The molecule has 0 aromatic heterocycles. The highest BCUT2D eigenvalue weighted by Gasteiger charge is 2.15. The molecule has 1 nitrogen and oxygen atoms in total. The highest BCUT2D eigenvalue weighted by atomic mass is 19.3. The minimum Gasteiger partial charge on any atom is -0.324 e. The second-order valence-electron chi connectivity index (χ2n) is 3.32. The lowest BCUT2D eigenvalue weighted by Crippen LogP contribution is -2.12. The molecule has 0 aliphatic heterocycles. The summed E-state index contributed by atoms with van der Waals surface area (Å²) in [5, 5.41) is 0. The molecule has 0 unspecified atom stereocenters. The Kier molecular flexibility index (Phi) is 4.01. The first kappa shape index (κ1) is 11.1. The van der Waals surface area contributed by atoms with E-state index in [0.717, 1.165) is 12.8 Å². The predicted molar refractivity (Wildman–Crippen MR) is 53.2 cm³/mol. The molecule has 1 aromatic carbocycles. The number of alkyl halides is 2. The van der Waals surface area contributed by atoms with Crippen LogP contribution in [-0.2, 0) is 0 Å². The van der Waals surface area contributed by atoms with Gasteiger partial charge in [0.1, 0.15) is 0 Å². The van der Waals surface area contributed by atoms with Crippen molar-refractivity contribution in [3.05, 3.63) is 35.4 Å². The van der Waals surface area contributed by atoms with Crippen molar-refractivity contribution in [3.8, 4) is 0 Å². The SMILES string of the molecule is CCC[C@@H](N)c1ccccc1C(F)F. The molecule has 0 radical (unpaired) electrons. The molecule has 0 saturated heterocycles. The van der Waals surface area contributed by atoms with Crippen molar-refractivity contribution in [2.24, 2.45) is 5.73 Å². The fraction of sp³-hybridized carbons (Fsp3) is 0.455. The lowest BCUT2D eigenvalue weighted by Gasteiger charge is -2.15. The maximum atomic E-state index is 12.6. The van der Waals surface area contributed by atoms with Crippen LogP contribution in [-0.4, -0.2) is 0 Å². The molecule has 78 valence electrons. The van der Waals surface area contributed by atoms with Crippen LogP contribution in [0, 0.1) is 0 Å². The van der Waals surface area contributed by atoms with E-state index in [-0.39, 0.29) is 11.6 Å². The summed E-state index contributed by atoms with van der Waals surface area (Å²) in [7, 11) is 0. The van der Waals surface area contributed by atoms with Crippen molar-refractivity contribution in [1.82, 2.24) is 0 Å². The molecule has 1 rings (SSSR count). The van der Waals surface area contributed by atoms with Crippen molar-refractivity contribution in [2.45, 2.75) is 32.2 Å². The Morgan fingerprint density at radius 2 is 1.79 bits per heavy atom. The highest BCUT2D eigenvalue weighted by molar-refractivity contribution is 5.30. The summed E-state index contributed by atoms with van der Waals surface area (Å²) in [6.07, 6.45) is -0.795. The largest absolute Gasteiger partial charge is 0.324 e. The van der Waals surface area contributed by atoms with Gasteiger partial charge in [-0.05, 0) is 12.0 Å². The molecule has 0 spiro atoms. The van der Waals surface area contributed by atoms with Crippen LogP contribution in [0.5, 0.6) is 0 Å². The van der Waals surface area contributed by atoms with Gasteiger partial charge in [0.15, 0.2) is 0 Å². The van der Waals surface area contributed by atoms with E-state index >= 15 is 0 Å². The van der Waals surface area contributed by atoms with E-state index in [1.54, 1.807) is 18.2 Å². The molecule has 1 aromatic rings. The molecule has 0 heterocycles. The zero-order valence-corrected chi connectivity index (χ0v) is 8.21. The van der Waals surface area contributed by atoms with Crippen LogP contribution in [0.1, 0.15) is 43.4 Å². The zero-order valence-electron chi connectivity index (χ0n) is 8.21. The monoisotopic (exact) mass is 199 g/mol. The highest BCUT2D eigenvalue weighted by Crippen LogP contribution is 2.27. The summed E-state index contributed by atoms with van der Waals surface area (Å²) in [5.41, 5.74) is 6.45.